The van der Waals surface area contributed by atoms with Crippen molar-refractivity contribution < 1.29 is 13.7 Å². The monoisotopic (exact) mass is 340 g/mol. The maximum absolute atomic E-state index is 13.9. The molecule has 1 N–H and O–H groups in total. The molecule has 0 aliphatic carbocycles. The van der Waals surface area contributed by atoms with E-state index in [4.69, 9.17) is 4.52 Å². The van der Waals surface area contributed by atoms with Crippen LogP contribution in [-0.2, 0) is 4.79 Å². The molecule has 0 saturated carbocycles. The molecule has 25 heavy (non-hydrogen) atoms. The quantitative estimate of drug-likeness (QED) is 0.788. The van der Waals surface area contributed by atoms with Crippen molar-refractivity contribution in [1.82, 2.24) is 15.1 Å². The van der Waals surface area contributed by atoms with Crippen LogP contribution in [0.1, 0.15) is 18.2 Å². The number of hydrogen-bond donors (Lipinski definition) is 1. The van der Waals surface area contributed by atoms with Gasteiger partial charge < -0.3 is 14.4 Å². The van der Waals surface area contributed by atoms with Crippen LogP contribution in [0.3, 0.4) is 0 Å². The molecule has 0 radical (unpaired) electrons. The van der Waals surface area contributed by atoms with E-state index in [0.717, 1.165) is 0 Å². The van der Waals surface area contributed by atoms with Crippen LogP contribution in [0.15, 0.2) is 51.9 Å². The molecule has 1 fully saturated rings. The summed E-state index contributed by atoms with van der Waals surface area (Å²) in [6.07, 6.45) is 1.66. The maximum Gasteiger partial charge on any atom is 0.263 e. The second-order valence-corrected chi connectivity index (χ2v) is 5.73. The molecule has 0 unspecified atom stereocenters. The highest BCUT2D eigenvalue weighted by Crippen LogP contribution is 2.32. The molecule has 3 aromatic rings. The SMILES string of the molecule is O=C1C[C@@H](c2noc(-c3ccc[nH]c3=O)n2)CN1c1ccccc1F. The first-order valence-electron chi connectivity index (χ1n) is 7.70. The van der Waals surface area contributed by atoms with Gasteiger partial charge in [0.2, 0.25) is 5.91 Å². The Morgan fingerprint density at radius 2 is 2.04 bits per heavy atom. The van der Waals surface area contributed by atoms with Gasteiger partial charge in [-0.3, -0.25) is 9.59 Å². The fourth-order valence-electron chi connectivity index (χ4n) is 2.88. The Morgan fingerprint density at radius 3 is 2.84 bits per heavy atom. The number of halogens is 1. The van der Waals surface area contributed by atoms with Crippen molar-refractivity contribution in [2.45, 2.75) is 12.3 Å². The van der Waals surface area contributed by atoms with E-state index >= 15 is 0 Å². The lowest BCUT2D eigenvalue weighted by Crippen LogP contribution is -2.25. The molecule has 4 rings (SSSR count). The van der Waals surface area contributed by atoms with E-state index in [1.807, 2.05) is 0 Å². The third-order valence-electron chi connectivity index (χ3n) is 4.12. The Kier molecular flexibility index (Phi) is 3.64. The topological polar surface area (TPSA) is 92.1 Å². The summed E-state index contributed by atoms with van der Waals surface area (Å²) in [6.45, 7) is 0.254. The Balaban J connectivity index is 1.60. The molecule has 0 spiro atoms. The number of nitrogens with zero attached hydrogens (tertiary/aromatic N) is 3. The second-order valence-electron chi connectivity index (χ2n) is 5.73. The number of aromatic amines is 1. The zero-order valence-corrected chi connectivity index (χ0v) is 13.0. The molecule has 7 nitrogen and oxygen atoms in total. The number of nitrogens with one attached hydrogen (secondary N) is 1. The van der Waals surface area contributed by atoms with Crippen LogP contribution in [-0.4, -0.2) is 27.6 Å². The molecule has 1 aliphatic heterocycles. The number of para-hydroxylation sites is 1. The first-order chi connectivity index (χ1) is 12.1. The molecule has 8 heteroatoms. The normalized spacial score (nSPS) is 17.2. The molecule has 2 aromatic heterocycles. The van der Waals surface area contributed by atoms with Gasteiger partial charge >= 0.3 is 0 Å². The summed E-state index contributed by atoms with van der Waals surface area (Å²) >= 11 is 0. The Bertz CT molecular complexity index is 997. The van der Waals surface area contributed by atoms with E-state index in [1.165, 1.54) is 17.2 Å². The fraction of sp³-hybridized carbons (Fsp3) is 0.176. The standard InChI is InChI=1S/C17H13FN4O3/c18-12-5-1-2-6-13(12)22-9-10(8-14(22)23)15-20-17(25-21-15)11-4-3-7-19-16(11)24/h1-7,10H,8-9H2,(H,19,24)/t10-/m1/s1. The number of aromatic nitrogens is 3. The lowest BCUT2D eigenvalue weighted by molar-refractivity contribution is -0.117. The predicted octanol–water partition coefficient (Wildman–Crippen LogP) is 2.08. The van der Waals surface area contributed by atoms with Gasteiger partial charge in [-0.2, -0.15) is 4.98 Å². The minimum atomic E-state index is -0.457. The molecular weight excluding hydrogens is 327 g/mol. The average Bonchev–Trinajstić information content (AvgIpc) is 3.23. The van der Waals surface area contributed by atoms with Crippen LogP contribution in [0.2, 0.25) is 0 Å². The molecule has 1 atom stereocenters. The first-order valence-corrected chi connectivity index (χ1v) is 7.70. The highest BCUT2D eigenvalue weighted by molar-refractivity contribution is 5.96. The summed E-state index contributed by atoms with van der Waals surface area (Å²) in [5, 5.41) is 3.89. The van der Waals surface area contributed by atoms with Gasteiger partial charge in [-0.15, -0.1) is 0 Å². The third kappa shape index (κ3) is 2.71. The van der Waals surface area contributed by atoms with Crippen molar-refractivity contribution in [3.8, 4) is 11.5 Å². The van der Waals surface area contributed by atoms with E-state index in [9.17, 15) is 14.0 Å². The van der Waals surface area contributed by atoms with Crippen molar-refractivity contribution in [2.24, 2.45) is 0 Å². The summed E-state index contributed by atoms with van der Waals surface area (Å²) < 4.78 is 19.1. The number of amides is 1. The van der Waals surface area contributed by atoms with Crippen LogP contribution in [0.5, 0.6) is 0 Å². The number of anilines is 1. The van der Waals surface area contributed by atoms with Crippen LogP contribution < -0.4 is 10.5 Å². The number of pyridine rings is 1. The van der Waals surface area contributed by atoms with Crippen molar-refractivity contribution in [3.63, 3.8) is 0 Å². The second kappa shape index (κ2) is 5.97. The molecule has 1 amide bonds. The van der Waals surface area contributed by atoms with Gasteiger partial charge in [0, 0.05) is 25.1 Å². The number of rotatable bonds is 3. The van der Waals surface area contributed by atoms with E-state index in [0.29, 0.717) is 5.82 Å². The van der Waals surface area contributed by atoms with Gasteiger partial charge in [-0.1, -0.05) is 17.3 Å². The van der Waals surface area contributed by atoms with Crippen LogP contribution in [0.4, 0.5) is 10.1 Å². The summed E-state index contributed by atoms with van der Waals surface area (Å²) in [5.41, 5.74) is 0.155. The molecule has 1 aromatic carbocycles. The number of benzene rings is 1. The predicted molar refractivity (Wildman–Crippen MR) is 86.5 cm³/mol. The third-order valence-corrected chi connectivity index (χ3v) is 4.12. The summed E-state index contributed by atoms with van der Waals surface area (Å²) in [5.74, 6) is -0.577. The Labute approximate surface area is 141 Å². The highest BCUT2D eigenvalue weighted by Gasteiger charge is 2.35. The minimum Gasteiger partial charge on any atom is -0.334 e. The van der Waals surface area contributed by atoms with Gasteiger partial charge in [0.15, 0.2) is 5.82 Å². The zero-order chi connectivity index (χ0) is 17.4. The smallest absolute Gasteiger partial charge is 0.263 e. The zero-order valence-electron chi connectivity index (χ0n) is 13.0. The van der Waals surface area contributed by atoms with Crippen molar-refractivity contribution in [1.29, 1.82) is 0 Å². The first kappa shape index (κ1) is 15.3. The number of H-pyrrole nitrogens is 1. The van der Waals surface area contributed by atoms with E-state index in [-0.39, 0.29) is 47.5 Å². The van der Waals surface area contributed by atoms with Gasteiger partial charge in [0.25, 0.3) is 11.4 Å². The van der Waals surface area contributed by atoms with Crippen molar-refractivity contribution in [2.75, 3.05) is 11.4 Å². The van der Waals surface area contributed by atoms with Gasteiger partial charge in [0.1, 0.15) is 11.4 Å². The summed E-state index contributed by atoms with van der Waals surface area (Å²) in [7, 11) is 0. The fourth-order valence-corrected chi connectivity index (χ4v) is 2.88. The van der Waals surface area contributed by atoms with Crippen LogP contribution >= 0.6 is 0 Å². The molecular formula is C17H13FN4O3. The minimum absolute atomic E-state index is 0.0913. The number of hydrogen-bond acceptors (Lipinski definition) is 5. The van der Waals surface area contributed by atoms with E-state index < -0.39 is 5.82 Å². The average molecular weight is 340 g/mol. The van der Waals surface area contributed by atoms with E-state index in [1.54, 1.807) is 30.3 Å². The molecule has 126 valence electrons. The Morgan fingerprint density at radius 1 is 1.20 bits per heavy atom. The van der Waals surface area contributed by atoms with Gasteiger partial charge in [-0.25, -0.2) is 4.39 Å². The van der Waals surface area contributed by atoms with Gasteiger partial charge in [-0.05, 0) is 24.3 Å². The Hall–Kier alpha value is -3.29. The maximum atomic E-state index is 13.9. The van der Waals surface area contributed by atoms with Crippen molar-refractivity contribution >= 4 is 11.6 Å². The number of carbonyl (C=O) groups is 1. The lowest BCUT2D eigenvalue weighted by Gasteiger charge is -2.16. The largest absolute Gasteiger partial charge is 0.334 e. The van der Waals surface area contributed by atoms with Crippen molar-refractivity contribution in [3.05, 3.63) is 64.6 Å². The lowest BCUT2D eigenvalue weighted by atomic mass is 10.1. The van der Waals surface area contributed by atoms with Crippen LogP contribution in [0, 0.1) is 5.82 Å². The highest BCUT2D eigenvalue weighted by atomic mass is 19.1. The molecule has 3 heterocycles. The number of carbonyl (C=O) groups excluding carboxylic acids is 1. The molecule has 0 bridgehead atoms. The van der Waals surface area contributed by atoms with Gasteiger partial charge in [0.05, 0.1) is 5.69 Å². The molecule has 1 saturated heterocycles. The summed E-state index contributed by atoms with van der Waals surface area (Å²) in [6, 6.07) is 9.33. The van der Waals surface area contributed by atoms with Crippen LogP contribution in [0.25, 0.3) is 11.5 Å². The van der Waals surface area contributed by atoms with E-state index in [2.05, 4.69) is 15.1 Å². The molecule has 1 aliphatic rings. The summed E-state index contributed by atoms with van der Waals surface area (Å²) in [4.78, 5) is 32.2.